The van der Waals surface area contributed by atoms with Crippen molar-refractivity contribution in [3.63, 3.8) is 0 Å². The van der Waals surface area contributed by atoms with Gasteiger partial charge in [0, 0.05) is 12.5 Å². The SMILES string of the molecule is CCOC(=O)CC[C@@H]1C[C@@H](O)CN1C(=O)O. The van der Waals surface area contributed by atoms with E-state index in [1.165, 1.54) is 4.90 Å². The van der Waals surface area contributed by atoms with Crippen molar-refractivity contribution in [3.8, 4) is 0 Å². The van der Waals surface area contributed by atoms with Gasteiger partial charge >= 0.3 is 12.1 Å². The summed E-state index contributed by atoms with van der Waals surface area (Å²) < 4.78 is 4.76. The van der Waals surface area contributed by atoms with Crippen molar-refractivity contribution in [2.45, 2.75) is 38.3 Å². The normalized spacial score (nSPS) is 24.5. The lowest BCUT2D eigenvalue weighted by atomic mass is 10.1. The number of likely N-dealkylation sites (tertiary alicyclic amines) is 1. The standard InChI is InChI=1S/C10H17NO5/c1-2-16-9(13)4-3-7-5-8(12)6-11(7)10(14)15/h7-8,12H,2-6H2,1H3,(H,14,15)/t7-,8-/m1/s1. The van der Waals surface area contributed by atoms with Crippen LogP contribution in [0.4, 0.5) is 4.79 Å². The number of amides is 1. The van der Waals surface area contributed by atoms with Crippen LogP contribution < -0.4 is 0 Å². The number of esters is 1. The first-order valence-electron chi connectivity index (χ1n) is 5.37. The van der Waals surface area contributed by atoms with Gasteiger partial charge in [0.2, 0.25) is 0 Å². The molecule has 16 heavy (non-hydrogen) atoms. The molecule has 1 saturated heterocycles. The molecular formula is C10H17NO5. The quantitative estimate of drug-likeness (QED) is 0.686. The second-order valence-electron chi connectivity index (χ2n) is 3.82. The molecule has 92 valence electrons. The van der Waals surface area contributed by atoms with Gasteiger partial charge in [0.15, 0.2) is 0 Å². The molecule has 2 atom stereocenters. The number of aliphatic hydroxyl groups excluding tert-OH is 1. The molecule has 1 heterocycles. The van der Waals surface area contributed by atoms with Crippen LogP contribution in [0.1, 0.15) is 26.2 Å². The predicted molar refractivity (Wildman–Crippen MR) is 55.0 cm³/mol. The van der Waals surface area contributed by atoms with Crippen LogP contribution in [0.3, 0.4) is 0 Å². The highest BCUT2D eigenvalue weighted by Gasteiger charge is 2.34. The highest BCUT2D eigenvalue weighted by molar-refractivity contribution is 5.70. The second-order valence-corrected chi connectivity index (χ2v) is 3.82. The van der Waals surface area contributed by atoms with Crippen molar-refractivity contribution < 1.29 is 24.5 Å². The van der Waals surface area contributed by atoms with E-state index in [0.717, 1.165) is 0 Å². The van der Waals surface area contributed by atoms with Gasteiger partial charge in [0.05, 0.1) is 19.3 Å². The third-order valence-electron chi connectivity index (χ3n) is 2.63. The van der Waals surface area contributed by atoms with Crippen LogP contribution >= 0.6 is 0 Å². The lowest BCUT2D eigenvalue weighted by Crippen LogP contribution is -2.35. The molecule has 6 nitrogen and oxygen atoms in total. The van der Waals surface area contributed by atoms with Crippen molar-refractivity contribution in [1.82, 2.24) is 4.90 Å². The fraction of sp³-hybridized carbons (Fsp3) is 0.800. The fourth-order valence-corrected chi connectivity index (χ4v) is 1.92. The van der Waals surface area contributed by atoms with E-state index in [0.29, 0.717) is 19.4 Å². The first kappa shape index (κ1) is 12.8. The molecule has 2 N–H and O–H groups in total. The number of aliphatic hydroxyl groups is 1. The summed E-state index contributed by atoms with van der Waals surface area (Å²) in [6.07, 6.45) is -0.684. The summed E-state index contributed by atoms with van der Waals surface area (Å²) in [4.78, 5) is 23.1. The van der Waals surface area contributed by atoms with Crippen molar-refractivity contribution >= 4 is 12.1 Å². The average molecular weight is 231 g/mol. The molecule has 1 rings (SSSR count). The topological polar surface area (TPSA) is 87.1 Å². The first-order valence-corrected chi connectivity index (χ1v) is 5.37. The van der Waals surface area contributed by atoms with Gasteiger partial charge in [-0.15, -0.1) is 0 Å². The van der Waals surface area contributed by atoms with Gasteiger partial charge in [-0.3, -0.25) is 4.79 Å². The Labute approximate surface area is 93.8 Å². The predicted octanol–water partition coefficient (Wildman–Crippen LogP) is 0.443. The Balaban J connectivity index is 2.40. The van der Waals surface area contributed by atoms with Crippen molar-refractivity contribution in [2.24, 2.45) is 0 Å². The number of hydrogen-bond acceptors (Lipinski definition) is 4. The molecule has 0 aromatic rings. The Bertz CT molecular complexity index is 268. The van der Waals surface area contributed by atoms with E-state index in [1.807, 2.05) is 0 Å². The summed E-state index contributed by atoms with van der Waals surface area (Å²) in [7, 11) is 0. The van der Waals surface area contributed by atoms with Crippen LogP contribution in [0.25, 0.3) is 0 Å². The number of hydrogen-bond donors (Lipinski definition) is 2. The first-order chi connectivity index (χ1) is 7.54. The van der Waals surface area contributed by atoms with Crippen molar-refractivity contribution in [1.29, 1.82) is 0 Å². The van der Waals surface area contributed by atoms with Crippen LogP contribution in [-0.4, -0.2) is 52.5 Å². The van der Waals surface area contributed by atoms with E-state index in [2.05, 4.69) is 0 Å². The van der Waals surface area contributed by atoms with Crippen molar-refractivity contribution in [3.05, 3.63) is 0 Å². The van der Waals surface area contributed by atoms with Crippen molar-refractivity contribution in [2.75, 3.05) is 13.2 Å². The largest absolute Gasteiger partial charge is 0.466 e. The van der Waals surface area contributed by atoms with E-state index in [4.69, 9.17) is 9.84 Å². The van der Waals surface area contributed by atoms with Gasteiger partial charge in [0.25, 0.3) is 0 Å². The summed E-state index contributed by atoms with van der Waals surface area (Å²) in [5, 5.41) is 18.2. The maximum Gasteiger partial charge on any atom is 0.407 e. The highest BCUT2D eigenvalue weighted by Crippen LogP contribution is 2.22. The number of nitrogens with zero attached hydrogens (tertiary/aromatic N) is 1. The maximum absolute atomic E-state index is 11.1. The molecule has 0 bridgehead atoms. The number of ether oxygens (including phenoxy) is 1. The Hall–Kier alpha value is -1.30. The number of rotatable bonds is 4. The minimum absolute atomic E-state index is 0.128. The molecule has 0 aromatic carbocycles. The summed E-state index contributed by atoms with van der Waals surface area (Å²) >= 11 is 0. The van der Waals surface area contributed by atoms with Gasteiger partial charge in [-0.1, -0.05) is 0 Å². The van der Waals surface area contributed by atoms with Gasteiger partial charge in [-0.05, 0) is 19.8 Å². The smallest absolute Gasteiger partial charge is 0.407 e. The van der Waals surface area contributed by atoms with Crippen LogP contribution in [-0.2, 0) is 9.53 Å². The molecule has 0 aromatic heterocycles. The van der Waals surface area contributed by atoms with Crippen LogP contribution in [0.15, 0.2) is 0 Å². The zero-order valence-electron chi connectivity index (χ0n) is 9.26. The van der Waals surface area contributed by atoms with Gasteiger partial charge in [-0.2, -0.15) is 0 Å². The summed E-state index contributed by atoms with van der Waals surface area (Å²) in [6, 6.07) is -0.281. The minimum atomic E-state index is -1.05. The molecule has 1 aliphatic rings. The number of carbonyl (C=O) groups is 2. The van der Waals surface area contributed by atoms with E-state index in [-0.39, 0.29) is 25.0 Å². The van der Waals surface area contributed by atoms with Gasteiger partial charge in [0.1, 0.15) is 0 Å². The molecule has 0 spiro atoms. The van der Waals surface area contributed by atoms with E-state index < -0.39 is 12.2 Å². The number of carbonyl (C=O) groups excluding carboxylic acids is 1. The molecule has 0 unspecified atom stereocenters. The number of β-amino-alcohol motifs (C(OH)–C–C–N with tert-alkyl or cyclic N) is 1. The minimum Gasteiger partial charge on any atom is -0.466 e. The molecule has 1 amide bonds. The van der Waals surface area contributed by atoms with Gasteiger partial charge < -0.3 is 19.8 Å². The summed E-state index contributed by atoms with van der Waals surface area (Å²) in [6.45, 7) is 2.18. The van der Waals surface area contributed by atoms with Crippen LogP contribution in [0, 0.1) is 0 Å². The zero-order chi connectivity index (χ0) is 12.1. The summed E-state index contributed by atoms with van der Waals surface area (Å²) in [5.74, 6) is -0.325. The highest BCUT2D eigenvalue weighted by atomic mass is 16.5. The lowest BCUT2D eigenvalue weighted by Gasteiger charge is -2.20. The van der Waals surface area contributed by atoms with Crippen LogP contribution in [0.2, 0.25) is 0 Å². The Morgan fingerprint density at radius 1 is 1.50 bits per heavy atom. The molecule has 1 fully saturated rings. The molecule has 0 radical (unpaired) electrons. The Kier molecular flexibility index (Phi) is 4.54. The zero-order valence-corrected chi connectivity index (χ0v) is 9.26. The maximum atomic E-state index is 11.1. The van der Waals surface area contributed by atoms with E-state index >= 15 is 0 Å². The van der Waals surface area contributed by atoms with E-state index in [9.17, 15) is 14.7 Å². The molecule has 0 saturated carbocycles. The second kappa shape index (κ2) is 5.69. The summed E-state index contributed by atoms with van der Waals surface area (Å²) in [5.41, 5.74) is 0. The third kappa shape index (κ3) is 3.37. The Morgan fingerprint density at radius 2 is 2.19 bits per heavy atom. The lowest BCUT2D eigenvalue weighted by molar-refractivity contribution is -0.143. The fourth-order valence-electron chi connectivity index (χ4n) is 1.92. The monoisotopic (exact) mass is 231 g/mol. The Morgan fingerprint density at radius 3 is 2.75 bits per heavy atom. The number of carboxylic acid groups (broad SMARTS) is 1. The van der Waals surface area contributed by atoms with Crippen LogP contribution in [0.5, 0.6) is 0 Å². The van der Waals surface area contributed by atoms with E-state index in [1.54, 1.807) is 6.92 Å². The molecule has 0 aliphatic carbocycles. The molecular weight excluding hydrogens is 214 g/mol. The third-order valence-corrected chi connectivity index (χ3v) is 2.63. The molecule has 6 heteroatoms. The average Bonchev–Trinajstić information content (AvgIpc) is 2.57. The molecule has 1 aliphatic heterocycles. The van der Waals surface area contributed by atoms with Gasteiger partial charge in [-0.25, -0.2) is 4.79 Å².